The van der Waals surface area contributed by atoms with Gasteiger partial charge in [0.15, 0.2) is 0 Å². The smallest absolute Gasteiger partial charge is 0.138 e. The predicted octanol–water partition coefficient (Wildman–Crippen LogP) is 2.88. The van der Waals surface area contributed by atoms with Crippen molar-refractivity contribution in [2.75, 3.05) is 0 Å². The fourth-order valence-electron chi connectivity index (χ4n) is 2.12. The van der Waals surface area contributed by atoms with Gasteiger partial charge in [0, 0.05) is 18.0 Å². The van der Waals surface area contributed by atoms with Gasteiger partial charge in [0.25, 0.3) is 0 Å². The molecule has 0 saturated carbocycles. The molecular formula is C15H17N5S. The van der Waals surface area contributed by atoms with Crippen molar-refractivity contribution in [2.45, 2.75) is 26.4 Å². The van der Waals surface area contributed by atoms with Crippen molar-refractivity contribution in [1.82, 2.24) is 25.1 Å². The van der Waals surface area contributed by atoms with Crippen molar-refractivity contribution in [1.29, 1.82) is 0 Å². The summed E-state index contributed by atoms with van der Waals surface area (Å²) in [6.07, 6.45) is 3.23. The van der Waals surface area contributed by atoms with Gasteiger partial charge < -0.3 is 5.32 Å². The lowest BCUT2D eigenvalue weighted by Crippen LogP contribution is -2.18. The monoisotopic (exact) mass is 299 g/mol. The van der Waals surface area contributed by atoms with Gasteiger partial charge in [-0.2, -0.15) is 5.10 Å². The van der Waals surface area contributed by atoms with Crippen LogP contribution in [0.2, 0.25) is 0 Å². The summed E-state index contributed by atoms with van der Waals surface area (Å²) in [5.41, 5.74) is 3.35. The summed E-state index contributed by atoms with van der Waals surface area (Å²) in [7, 11) is 0. The summed E-state index contributed by atoms with van der Waals surface area (Å²) in [5, 5.41) is 10.8. The molecule has 108 valence electrons. The number of thiazole rings is 1. The van der Waals surface area contributed by atoms with Crippen LogP contribution in [-0.2, 0) is 6.54 Å². The lowest BCUT2D eigenvalue weighted by atomic mass is 10.1. The van der Waals surface area contributed by atoms with Gasteiger partial charge in [-0.1, -0.05) is 12.1 Å². The van der Waals surface area contributed by atoms with E-state index in [9.17, 15) is 0 Å². The van der Waals surface area contributed by atoms with Crippen LogP contribution >= 0.6 is 11.3 Å². The molecule has 0 unspecified atom stereocenters. The Labute approximate surface area is 127 Å². The quantitative estimate of drug-likeness (QED) is 0.787. The second-order valence-electron chi connectivity index (χ2n) is 4.89. The lowest BCUT2D eigenvalue weighted by molar-refractivity contribution is 0.568. The summed E-state index contributed by atoms with van der Waals surface area (Å²) in [5.74, 6) is 0. The average Bonchev–Trinajstić information content (AvgIpc) is 3.16. The van der Waals surface area contributed by atoms with Gasteiger partial charge >= 0.3 is 0 Å². The first-order valence-corrected chi connectivity index (χ1v) is 7.69. The highest BCUT2D eigenvalue weighted by atomic mass is 32.1. The molecule has 1 aromatic carbocycles. The van der Waals surface area contributed by atoms with Crippen molar-refractivity contribution in [3.8, 4) is 5.69 Å². The van der Waals surface area contributed by atoms with Crippen LogP contribution in [0.4, 0.5) is 0 Å². The second-order valence-corrected chi connectivity index (χ2v) is 5.95. The summed E-state index contributed by atoms with van der Waals surface area (Å²) in [4.78, 5) is 8.42. The number of aromatic nitrogens is 4. The molecule has 0 spiro atoms. The molecule has 2 aromatic heterocycles. The zero-order chi connectivity index (χ0) is 14.7. The lowest BCUT2D eigenvalue weighted by Gasteiger charge is -2.14. The summed E-state index contributed by atoms with van der Waals surface area (Å²) in [6.45, 7) is 4.97. The molecule has 0 radical (unpaired) electrons. The molecular weight excluding hydrogens is 282 g/mol. The molecule has 3 aromatic rings. The van der Waals surface area contributed by atoms with Crippen LogP contribution in [0, 0.1) is 6.92 Å². The molecule has 1 atom stereocenters. The largest absolute Gasteiger partial charge is 0.305 e. The summed E-state index contributed by atoms with van der Waals surface area (Å²) < 4.78 is 1.75. The number of benzene rings is 1. The van der Waals surface area contributed by atoms with E-state index in [0.717, 1.165) is 22.9 Å². The number of hydrogen-bond acceptors (Lipinski definition) is 5. The minimum atomic E-state index is 0.275. The van der Waals surface area contributed by atoms with Crippen molar-refractivity contribution in [2.24, 2.45) is 0 Å². The van der Waals surface area contributed by atoms with Crippen LogP contribution in [0.3, 0.4) is 0 Å². The van der Waals surface area contributed by atoms with Gasteiger partial charge in [0.05, 0.1) is 16.4 Å². The molecule has 1 N–H and O–H groups in total. The van der Waals surface area contributed by atoms with E-state index < -0.39 is 0 Å². The highest BCUT2D eigenvalue weighted by molar-refractivity contribution is 7.09. The third-order valence-electron chi connectivity index (χ3n) is 3.33. The Balaban J connectivity index is 1.63. The highest BCUT2D eigenvalue weighted by Gasteiger charge is 2.07. The molecule has 6 heteroatoms. The fraction of sp³-hybridized carbons (Fsp3) is 0.267. The zero-order valence-electron chi connectivity index (χ0n) is 12.0. The molecule has 0 aliphatic rings. The first-order chi connectivity index (χ1) is 10.2. The molecule has 21 heavy (non-hydrogen) atoms. The first-order valence-electron chi connectivity index (χ1n) is 6.82. The van der Waals surface area contributed by atoms with Crippen molar-refractivity contribution >= 4 is 11.3 Å². The van der Waals surface area contributed by atoms with Crippen LogP contribution in [-0.4, -0.2) is 19.7 Å². The van der Waals surface area contributed by atoms with Crippen LogP contribution in [0.1, 0.15) is 29.2 Å². The highest BCUT2D eigenvalue weighted by Crippen LogP contribution is 2.16. The fourth-order valence-corrected chi connectivity index (χ4v) is 2.73. The van der Waals surface area contributed by atoms with E-state index in [1.165, 1.54) is 11.9 Å². The van der Waals surface area contributed by atoms with Crippen molar-refractivity contribution in [3.05, 3.63) is 58.6 Å². The van der Waals surface area contributed by atoms with E-state index in [4.69, 9.17) is 0 Å². The van der Waals surface area contributed by atoms with Gasteiger partial charge in [0.1, 0.15) is 12.7 Å². The third kappa shape index (κ3) is 3.34. The Bertz CT molecular complexity index is 687. The number of rotatable bonds is 5. The SMILES string of the molecule is Cc1nc(CN[C@H](C)c2ccc(-n3cncn3)cc2)cs1. The molecule has 5 nitrogen and oxygen atoms in total. The predicted molar refractivity (Wildman–Crippen MR) is 83.5 cm³/mol. The van der Waals surface area contributed by atoms with E-state index >= 15 is 0 Å². The van der Waals surface area contributed by atoms with Gasteiger partial charge in [-0.25, -0.2) is 14.6 Å². The van der Waals surface area contributed by atoms with Crippen molar-refractivity contribution < 1.29 is 0 Å². The maximum Gasteiger partial charge on any atom is 0.138 e. The molecule has 0 aliphatic heterocycles. The van der Waals surface area contributed by atoms with E-state index in [2.05, 4.69) is 57.0 Å². The molecule has 0 fully saturated rings. The Morgan fingerprint density at radius 2 is 2.10 bits per heavy atom. The Morgan fingerprint density at radius 1 is 1.29 bits per heavy atom. The number of nitrogens with zero attached hydrogens (tertiary/aromatic N) is 4. The van der Waals surface area contributed by atoms with Crippen LogP contribution in [0.25, 0.3) is 5.69 Å². The van der Waals surface area contributed by atoms with E-state index in [-0.39, 0.29) is 6.04 Å². The minimum absolute atomic E-state index is 0.275. The topological polar surface area (TPSA) is 55.6 Å². The first kappa shape index (κ1) is 13.9. The Morgan fingerprint density at radius 3 is 2.71 bits per heavy atom. The van der Waals surface area contributed by atoms with Crippen molar-refractivity contribution in [3.63, 3.8) is 0 Å². The van der Waals surface area contributed by atoms with Crippen LogP contribution < -0.4 is 5.32 Å². The zero-order valence-corrected chi connectivity index (χ0v) is 12.8. The number of nitrogens with one attached hydrogen (secondary N) is 1. The standard InChI is InChI=1S/C15H17N5S/c1-11(17-7-14-8-21-12(2)19-14)13-3-5-15(6-4-13)20-10-16-9-18-20/h3-6,8-11,17H,7H2,1-2H3/t11-/m1/s1. The number of hydrogen-bond donors (Lipinski definition) is 1. The Kier molecular flexibility index (Phi) is 4.08. The molecule has 3 rings (SSSR count). The molecule has 0 bridgehead atoms. The normalized spacial score (nSPS) is 12.5. The molecule has 0 saturated heterocycles. The van der Waals surface area contributed by atoms with Gasteiger partial charge in [-0.05, 0) is 31.5 Å². The van der Waals surface area contributed by atoms with Crippen LogP contribution in [0.15, 0.2) is 42.3 Å². The molecule has 2 heterocycles. The Hall–Kier alpha value is -2.05. The summed E-state index contributed by atoms with van der Waals surface area (Å²) in [6, 6.07) is 8.60. The van der Waals surface area contributed by atoms with Gasteiger partial charge in [-0.15, -0.1) is 11.3 Å². The van der Waals surface area contributed by atoms with E-state index in [1.807, 2.05) is 6.92 Å². The third-order valence-corrected chi connectivity index (χ3v) is 4.15. The molecule has 0 amide bonds. The second kappa shape index (κ2) is 6.15. The molecule has 0 aliphatic carbocycles. The van der Waals surface area contributed by atoms with Crippen LogP contribution in [0.5, 0.6) is 0 Å². The van der Waals surface area contributed by atoms with E-state index in [1.54, 1.807) is 22.3 Å². The number of aryl methyl sites for hydroxylation is 1. The van der Waals surface area contributed by atoms with Gasteiger partial charge in [-0.3, -0.25) is 0 Å². The van der Waals surface area contributed by atoms with Gasteiger partial charge in [0.2, 0.25) is 0 Å². The maximum atomic E-state index is 4.46. The maximum absolute atomic E-state index is 4.46. The van der Waals surface area contributed by atoms with E-state index in [0.29, 0.717) is 0 Å². The average molecular weight is 299 g/mol. The minimum Gasteiger partial charge on any atom is -0.305 e. The summed E-state index contributed by atoms with van der Waals surface area (Å²) >= 11 is 1.69.